The van der Waals surface area contributed by atoms with Crippen LogP contribution in [-0.4, -0.2) is 38.1 Å². The molecular formula is C36H50F2N4O3. The van der Waals surface area contributed by atoms with Crippen LogP contribution in [0.15, 0.2) is 54.0 Å². The van der Waals surface area contributed by atoms with E-state index in [1.807, 2.05) is 19.1 Å². The summed E-state index contributed by atoms with van der Waals surface area (Å²) in [5, 5.41) is 10.5. The first kappa shape index (κ1) is 37.3. The van der Waals surface area contributed by atoms with Crippen LogP contribution in [0.4, 0.5) is 8.78 Å². The first-order chi connectivity index (χ1) is 21.3. The average Bonchev–Trinajstić information content (AvgIpc) is 3.88. The molecule has 0 atom stereocenters. The van der Waals surface area contributed by atoms with E-state index < -0.39 is 5.92 Å². The van der Waals surface area contributed by atoms with E-state index in [-0.39, 0.29) is 17.9 Å². The largest absolute Gasteiger partial charge is 0.507 e. The average molecular weight is 625 g/mol. The van der Waals surface area contributed by atoms with E-state index in [1.165, 1.54) is 31.3 Å². The first-order valence-corrected chi connectivity index (χ1v) is 15.6. The smallest absolute Gasteiger partial charge is 0.266 e. The van der Waals surface area contributed by atoms with Crippen LogP contribution in [0, 0.1) is 5.92 Å². The number of phenols is 1. The monoisotopic (exact) mass is 624 g/mol. The van der Waals surface area contributed by atoms with Gasteiger partial charge in [0.05, 0.1) is 12.8 Å². The normalized spacial score (nSPS) is 13.7. The summed E-state index contributed by atoms with van der Waals surface area (Å²) in [5.41, 5.74) is 5.82. The third-order valence-electron chi connectivity index (χ3n) is 7.82. The van der Waals surface area contributed by atoms with Gasteiger partial charge in [0.1, 0.15) is 24.2 Å². The number of allylic oxidation sites excluding steroid dienone is 4. The van der Waals surface area contributed by atoms with Crippen molar-refractivity contribution in [3.8, 4) is 28.9 Å². The summed E-state index contributed by atoms with van der Waals surface area (Å²) in [5.74, 6) is 0.278. The highest BCUT2D eigenvalue weighted by molar-refractivity contribution is 5.71. The van der Waals surface area contributed by atoms with Crippen molar-refractivity contribution in [1.29, 1.82) is 0 Å². The van der Waals surface area contributed by atoms with Gasteiger partial charge in [-0.25, -0.2) is 23.7 Å². The standard InChI is InChI=1S/C25H28N4O3.C6H10F2.C5H12/c1-5-15(2)16(3)19-9-6-17(12-20(19)30)13-32-21-10-11-26-24(29-21)22-23(18-7-8-18)27-14-28-25(22)31-4;1-4-5(2)6(3,7)8;1-4-5(2)3/h6,9-12,14,18,30H,5,7-8,13H2,1-4H3;4H,1-3H3;5H,4H2,1-3H3/b;5-4+;. The predicted molar refractivity (Wildman–Crippen MR) is 178 cm³/mol. The topological polar surface area (TPSA) is 90.3 Å². The lowest BCUT2D eigenvalue weighted by Crippen LogP contribution is -2.10. The van der Waals surface area contributed by atoms with Gasteiger partial charge in [0.2, 0.25) is 11.8 Å². The fraction of sp³-hybridized carbons (Fsp3) is 0.500. The highest BCUT2D eigenvalue weighted by Crippen LogP contribution is 2.44. The highest BCUT2D eigenvalue weighted by Gasteiger charge is 2.31. The van der Waals surface area contributed by atoms with Gasteiger partial charge in [0, 0.05) is 30.7 Å². The Morgan fingerprint density at radius 1 is 1.09 bits per heavy atom. The molecule has 45 heavy (non-hydrogen) atoms. The molecule has 7 nitrogen and oxygen atoms in total. The third-order valence-corrected chi connectivity index (χ3v) is 7.82. The summed E-state index contributed by atoms with van der Waals surface area (Å²) in [6.07, 6.45) is 9.03. The van der Waals surface area contributed by atoms with Gasteiger partial charge in [-0.2, -0.15) is 4.98 Å². The molecular weight excluding hydrogens is 574 g/mol. The minimum atomic E-state index is -2.63. The lowest BCUT2D eigenvalue weighted by Gasteiger charge is -2.12. The quantitative estimate of drug-likeness (QED) is 0.225. The first-order valence-electron chi connectivity index (χ1n) is 15.6. The SMILES string of the molecule is C/C=C(\C)C(C)(F)F.CCC(C)=C(C)c1ccc(COc2ccnc(-c3c(OC)ncnc3C3CC3)n2)cc1O.CCC(C)C. The number of rotatable bonds is 10. The Morgan fingerprint density at radius 3 is 2.24 bits per heavy atom. The summed E-state index contributed by atoms with van der Waals surface area (Å²) in [4.78, 5) is 17.7. The van der Waals surface area contributed by atoms with Crippen molar-refractivity contribution in [2.75, 3.05) is 7.11 Å². The Labute approximate surface area is 267 Å². The molecule has 0 radical (unpaired) electrons. The Hall–Kier alpha value is -3.88. The van der Waals surface area contributed by atoms with E-state index in [9.17, 15) is 13.9 Å². The molecule has 0 bridgehead atoms. The highest BCUT2D eigenvalue weighted by atomic mass is 19.3. The number of benzene rings is 1. The van der Waals surface area contributed by atoms with Crippen LogP contribution in [0.3, 0.4) is 0 Å². The molecule has 0 unspecified atom stereocenters. The number of phenolic OH excluding ortho intramolecular Hbond substituents is 1. The zero-order valence-corrected chi connectivity index (χ0v) is 28.5. The molecule has 1 N–H and O–H groups in total. The Bertz CT molecular complexity index is 1440. The van der Waals surface area contributed by atoms with E-state index >= 15 is 0 Å². The zero-order chi connectivity index (χ0) is 33.7. The molecule has 1 saturated carbocycles. The molecule has 0 aliphatic heterocycles. The second-order valence-corrected chi connectivity index (χ2v) is 11.7. The molecule has 0 amide bonds. The molecule has 1 fully saturated rings. The maximum Gasteiger partial charge on any atom is 0.266 e. The number of aromatic nitrogens is 4. The van der Waals surface area contributed by atoms with Crippen molar-refractivity contribution in [2.24, 2.45) is 5.92 Å². The number of methoxy groups -OCH3 is 1. The fourth-order valence-corrected chi connectivity index (χ4v) is 3.85. The van der Waals surface area contributed by atoms with E-state index in [0.29, 0.717) is 23.5 Å². The second-order valence-electron chi connectivity index (χ2n) is 11.7. The number of ether oxygens (including phenoxy) is 2. The summed E-state index contributed by atoms with van der Waals surface area (Å²) < 4.78 is 35.5. The fourth-order valence-electron chi connectivity index (χ4n) is 3.85. The van der Waals surface area contributed by atoms with Crippen LogP contribution in [0.5, 0.6) is 17.5 Å². The van der Waals surface area contributed by atoms with Crippen molar-refractivity contribution in [1.82, 2.24) is 19.9 Å². The number of aromatic hydroxyl groups is 1. The van der Waals surface area contributed by atoms with E-state index in [1.54, 1.807) is 32.4 Å². The van der Waals surface area contributed by atoms with Crippen molar-refractivity contribution >= 4 is 5.57 Å². The van der Waals surface area contributed by atoms with Gasteiger partial charge in [-0.15, -0.1) is 0 Å². The molecule has 0 spiro atoms. The molecule has 0 saturated heterocycles. The molecule has 3 aromatic rings. The van der Waals surface area contributed by atoms with Crippen molar-refractivity contribution in [2.45, 2.75) is 106 Å². The Morgan fingerprint density at radius 2 is 1.76 bits per heavy atom. The van der Waals surface area contributed by atoms with Crippen LogP contribution in [0.2, 0.25) is 0 Å². The Kier molecular flexibility index (Phi) is 14.6. The van der Waals surface area contributed by atoms with Gasteiger partial charge in [-0.3, -0.25) is 0 Å². The lowest BCUT2D eigenvalue weighted by molar-refractivity contribution is 0.0633. The Balaban J connectivity index is 0.000000457. The maximum absolute atomic E-state index is 12.0. The van der Waals surface area contributed by atoms with E-state index in [4.69, 9.17) is 9.47 Å². The molecule has 9 heteroatoms. The predicted octanol–water partition coefficient (Wildman–Crippen LogP) is 9.97. The van der Waals surface area contributed by atoms with Crippen LogP contribution in [-0.2, 0) is 6.61 Å². The lowest BCUT2D eigenvalue weighted by atomic mass is 9.99. The van der Waals surface area contributed by atoms with Gasteiger partial charge < -0.3 is 14.6 Å². The van der Waals surface area contributed by atoms with E-state index in [2.05, 4.69) is 54.6 Å². The zero-order valence-electron chi connectivity index (χ0n) is 28.5. The number of halogens is 2. The van der Waals surface area contributed by atoms with Crippen LogP contribution in [0.25, 0.3) is 17.0 Å². The molecule has 2 heterocycles. The van der Waals surface area contributed by atoms with Gasteiger partial charge >= 0.3 is 0 Å². The molecule has 1 aromatic carbocycles. The third kappa shape index (κ3) is 11.5. The van der Waals surface area contributed by atoms with Gasteiger partial charge in [0.15, 0.2) is 5.82 Å². The molecule has 2 aromatic heterocycles. The maximum atomic E-state index is 12.0. The minimum absolute atomic E-state index is 0.123. The minimum Gasteiger partial charge on any atom is -0.507 e. The van der Waals surface area contributed by atoms with Gasteiger partial charge in [0.25, 0.3) is 5.92 Å². The summed E-state index contributed by atoms with van der Waals surface area (Å²) in [6.45, 7) is 17.1. The summed E-state index contributed by atoms with van der Waals surface area (Å²) in [7, 11) is 1.58. The van der Waals surface area contributed by atoms with E-state index in [0.717, 1.165) is 60.1 Å². The molecule has 246 valence electrons. The number of alkyl halides is 2. The molecule has 1 aliphatic carbocycles. The number of hydrogen-bond donors (Lipinski definition) is 1. The number of hydrogen-bond acceptors (Lipinski definition) is 7. The van der Waals surface area contributed by atoms with Crippen LogP contribution < -0.4 is 9.47 Å². The molecule has 4 rings (SSSR count). The van der Waals surface area contributed by atoms with Crippen molar-refractivity contribution in [3.63, 3.8) is 0 Å². The van der Waals surface area contributed by atoms with Gasteiger partial charge in [-0.1, -0.05) is 57.9 Å². The van der Waals surface area contributed by atoms with Gasteiger partial charge in [-0.05, 0) is 75.7 Å². The summed E-state index contributed by atoms with van der Waals surface area (Å²) >= 11 is 0. The number of nitrogens with zero attached hydrogens (tertiary/aromatic N) is 4. The molecule has 1 aliphatic rings. The second kappa shape index (κ2) is 17.6. The van der Waals surface area contributed by atoms with Crippen LogP contribution in [0.1, 0.15) is 111 Å². The van der Waals surface area contributed by atoms with Crippen molar-refractivity contribution in [3.05, 3.63) is 70.8 Å². The summed E-state index contributed by atoms with van der Waals surface area (Å²) in [6, 6.07) is 7.34. The van der Waals surface area contributed by atoms with Crippen LogP contribution >= 0.6 is 0 Å². The van der Waals surface area contributed by atoms with Crippen molar-refractivity contribution < 1.29 is 23.4 Å².